The minimum atomic E-state index is 0.0364. The number of phenolic OH excluding ortho intramolecular Hbond substituents is 1. The van der Waals surface area contributed by atoms with Crippen LogP contribution in [0.1, 0.15) is 71.3 Å². The monoisotopic (exact) mass is 416 g/mol. The van der Waals surface area contributed by atoms with E-state index in [4.69, 9.17) is 0 Å². The van der Waals surface area contributed by atoms with Crippen molar-refractivity contribution in [1.82, 2.24) is 10.2 Å². The van der Waals surface area contributed by atoms with Crippen LogP contribution in [0.15, 0.2) is 24.3 Å². The zero-order chi connectivity index (χ0) is 22.3. The van der Waals surface area contributed by atoms with Gasteiger partial charge in [-0.1, -0.05) is 52.7 Å². The average Bonchev–Trinajstić information content (AvgIpc) is 2.73. The molecule has 1 saturated carbocycles. The molecular formula is C25H40N2O3. The molecule has 1 saturated heterocycles. The second-order valence-electron chi connectivity index (χ2n) is 9.85. The molecule has 0 aromatic heterocycles. The SMILES string of the molecule is CC(C)C=O.CNC1CCCCC1C(=O)N1CCC(c2ccc(O)cc2)C(C)(C)C1. The number of piperidine rings is 1. The molecule has 3 rings (SSSR count). The summed E-state index contributed by atoms with van der Waals surface area (Å²) >= 11 is 0. The predicted octanol–water partition coefficient (Wildman–Crippen LogP) is 4.35. The molecule has 2 N–H and O–H groups in total. The Morgan fingerprint density at radius 1 is 1.17 bits per heavy atom. The van der Waals surface area contributed by atoms with Crippen LogP contribution in [0.25, 0.3) is 0 Å². The molecule has 2 aliphatic rings. The highest BCUT2D eigenvalue weighted by Gasteiger charge is 2.41. The maximum Gasteiger partial charge on any atom is 0.227 e. The number of rotatable bonds is 4. The summed E-state index contributed by atoms with van der Waals surface area (Å²) in [7, 11) is 1.98. The number of aromatic hydroxyl groups is 1. The number of amides is 1. The van der Waals surface area contributed by atoms with Gasteiger partial charge in [0.05, 0.1) is 5.92 Å². The van der Waals surface area contributed by atoms with E-state index in [-0.39, 0.29) is 17.3 Å². The highest BCUT2D eigenvalue weighted by Crippen LogP contribution is 2.43. The van der Waals surface area contributed by atoms with Gasteiger partial charge in [-0.2, -0.15) is 0 Å². The lowest BCUT2D eigenvalue weighted by Gasteiger charge is -2.46. The summed E-state index contributed by atoms with van der Waals surface area (Å²) in [6.45, 7) is 9.88. The average molecular weight is 417 g/mol. The van der Waals surface area contributed by atoms with E-state index in [1.807, 2.05) is 33.0 Å². The number of carbonyl (C=O) groups excluding carboxylic acids is 2. The molecule has 5 heteroatoms. The smallest absolute Gasteiger partial charge is 0.227 e. The Morgan fingerprint density at radius 2 is 1.77 bits per heavy atom. The van der Waals surface area contributed by atoms with Gasteiger partial charge >= 0.3 is 0 Å². The summed E-state index contributed by atoms with van der Waals surface area (Å²) in [4.78, 5) is 24.8. The third-order valence-corrected chi connectivity index (χ3v) is 6.56. The van der Waals surface area contributed by atoms with E-state index in [0.717, 1.165) is 38.6 Å². The van der Waals surface area contributed by atoms with Crippen molar-refractivity contribution >= 4 is 12.2 Å². The van der Waals surface area contributed by atoms with Crippen LogP contribution in [-0.4, -0.2) is 48.4 Å². The first-order valence-corrected chi connectivity index (χ1v) is 11.4. The summed E-state index contributed by atoms with van der Waals surface area (Å²) in [6, 6.07) is 7.92. The van der Waals surface area contributed by atoms with E-state index < -0.39 is 0 Å². The van der Waals surface area contributed by atoms with Gasteiger partial charge in [0.1, 0.15) is 12.0 Å². The predicted molar refractivity (Wildman–Crippen MR) is 122 cm³/mol. The molecule has 0 spiro atoms. The number of hydrogen-bond donors (Lipinski definition) is 2. The molecule has 1 heterocycles. The highest BCUT2D eigenvalue weighted by atomic mass is 16.3. The number of benzene rings is 1. The van der Waals surface area contributed by atoms with Gasteiger partial charge in [-0.3, -0.25) is 4.79 Å². The number of aldehydes is 1. The van der Waals surface area contributed by atoms with Crippen molar-refractivity contribution in [2.45, 2.75) is 71.8 Å². The number of nitrogens with one attached hydrogen (secondary N) is 1. The molecule has 3 atom stereocenters. The molecule has 2 fully saturated rings. The van der Waals surface area contributed by atoms with Crippen molar-refractivity contribution < 1.29 is 14.7 Å². The molecule has 1 aliphatic carbocycles. The normalized spacial score (nSPS) is 25.9. The van der Waals surface area contributed by atoms with E-state index >= 15 is 0 Å². The fraction of sp³-hybridized carbons (Fsp3) is 0.680. The van der Waals surface area contributed by atoms with Gasteiger partial charge in [0.25, 0.3) is 0 Å². The second-order valence-corrected chi connectivity index (χ2v) is 9.85. The number of phenols is 1. The summed E-state index contributed by atoms with van der Waals surface area (Å²) in [6.07, 6.45) is 6.43. The van der Waals surface area contributed by atoms with Gasteiger partial charge in [0, 0.05) is 25.0 Å². The Kier molecular flexibility index (Phi) is 8.90. The van der Waals surface area contributed by atoms with E-state index in [1.54, 1.807) is 12.1 Å². The van der Waals surface area contributed by atoms with E-state index in [2.05, 4.69) is 24.1 Å². The summed E-state index contributed by atoms with van der Waals surface area (Å²) in [5, 5.41) is 12.9. The fourth-order valence-electron chi connectivity index (χ4n) is 4.88. The Balaban J connectivity index is 0.000000575. The van der Waals surface area contributed by atoms with Gasteiger partial charge in [-0.05, 0) is 55.3 Å². The third kappa shape index (κ3) is 6.31. The number of carbonyl (C=O) groups is 2. The third-order valence-electron chi connectivity index (χ3n) is 6.56. The molecule has 1 aromatic carbocycles. The van der Waals surface area contributed by atoms with Crippen molar-refractivity contribution in [3.8, 4) is 5.75 Å². The highest BCUT2D eigenvalue weighted by molar-refractivity contribution is 5.80. The molecule has 0 bridgehead atoms. The van der Waals surface area contributed by atoms with Crippen LogP contribution in [0.3, 0.4) is 0 Å². The number of nitrogens with zero attached hydrogens (tertiary/aromatic N) is 1. The Bertz CT molecular complexity index is 684. The van der Waals surface area contributed by atoms with Crippen LogP contribution >= 0.6 is 0 Å². The second kappa shape index (κ2) is 10.9. The number of hydrogen-bond acceptors (Lipinski definition) is 4. The van der Waals surface area contributed by atoms with Gasteiger partial charge in [0.15, 0.2) is 0 Å². The van der Waals surface area contributed by atoms with Crippen molar-refractivity contribution in [2.75, 3.05) is 20.1 Å². The summed E-state index contributed by atoms with van der Waals surface area (Å²) < 4.78 is 0. The van der Waals surface area contributed by atoms with Crippen molar-refractivity contribution in [3.63, 3.8) is 0 Å². The van der Waals surface area contributed by atoms with Crippen LogP contribution in [0.5, 0.6) is 5.75 Å². The first-order chi connectivity index (χ1) is 14.2. The molecule has 30 heavy (non-hydrogen) atoms. The molecule has 1 aromatic rings. The topological polar surface area (TPSA) is 69.6 Å². The fourth-order valence-corrected chi connectivity index (χ4v) is 4.88. The number of likely N-dealkylation sites (tertiary alicyclic amines) is 1. The van der Waals surface area contributed by atoms with E-state index in [1.165, 1.54) is 18.4 Å². The first kappa shape index (κ1) is 24.4. The molecular weight excluding hydrogens is 376 g/mol. The van der Waals surface area contributed by atoms with Gasteiger partial charge < -0.3 is 20.1 Å². The summed E-state index contributed by atoms with van der Waals surface area (Å²) in [5.74, 6) is 1.42. The standard InChI is InChI=1S/C21H32N2O2.C4H8O/c1-21(2)14-23(20(25)17-6-4-5-7-19(17)22-3)13-12-18(21)15-8-10-16(24)11-9-15;1-4(2)3-5/h8-11,17-19,22,24H,4-7,12-14H2,1-3H3;3-4H,1-2H3. The molecule has 5 nitrogen and oxygen atoms in total. The van der Waals surface area contributed by atoms with Crippen molar-refractivity contribution in [2.24, 2.45) is 17.3 Å². The van der Waals surface area contributed by atoms with Crippen molar-refractivity contribution in [1.29, 1.82) is 0 Å². The maximum absolute atomic E-state index is 13.2. The van der Waals surface area contributed by atoms with Crippen LogP contribution in [-0.2, 0) is 9.59 Å². The molecule has 0 radical (unpaired) electrons. The first-order valence-electron chi connectivity index (χ1n) is 11.4. The quantitative estimate of drug-likeness (QED) is 0.716. The zero-order valence-corrected chi connectivity index (χ0v) is 19.4. The molecule has 1 amide bonds. The van der Waals surface area contributed by atoms with E-state index in [0.29, 0.717) is 23.6 Å². The Morgan fingerprint density at radius 3 is 2.30 bits per heavy atom. The van der Waals surface area contributed by atoms with Crippen LogP contribution in [0.4, 0.5) is 0 Å². The van der Waals surface area contributed by atoms with E-state index in [9.17, 15) is 14.7 Å². The minimum absolute atomic E-state index is 0.0364. The summed E-state index contributed by atoms with van der Waals surface area (Å²) in [5.41, 5.74) is 1.30. The Labute approximate surface area is 182 Å². The van der Waals surface area contributed by atoms with Gasteiger partial charge in [-0.25, -0.2) is 0 Å². The van der Waals surface area contributed by atoms with Crippen LogP contribution in [0, 0.1) is 17.3 Å². The van der Waals surface area contributed by atoms with Gasteiger partial charge in [-0.15, -0.1) is 0 Å². The van der Waals surface area contributed by atoms with Crippen molar-refractivity contribution in [3.05, 3.63) is 29.8 Å². The molecule has 3 unspecified atom stereocenters. The lowest BCUT2D eigenvalue weighted by Crippen LogP contribution is -2.52. The lowest BCUT2D eigenvalue weighted by molar-refractivity contribution is -0.141. The largest absolute Gasteiger partial charge is 0.508 e. The van der Waals surface area contributed by atoms with Crippen LogP contribution < -0.4 is 5.32 Å². The lowest BCUT2D eigenvalue weighted by atomic mass is 9.70. The van der Waals surface area contributed by atoms with Crippen LogP contribution in [0.2, 0.25) is 0 Å². The zero-order valence-electron chi connectivity index (χ0n) is 19.4. The minimum Gasteiger partial charge on any atom is -0.508 e. The van der Waals surface area contributed by atoms with Gasteiger partial charge in [0.2, 0.25) is 5.91 Å². The Hall–Kier alpha value is -1.88. The maximum atomic E-state index is 13.2. The molecule has 168 valence electrons. The molecule has 1 aliphatic heterocycles.